The molecule has 0 bridgehead atoms. The van der Waals surface area contributed by atoms with Gasteiger partial charge in [0.2, 0.25) is 0 Å². The molecule has 0 amide bonds. The highest BCUT2D eigenvalue weighted by Gasteiger charge is 2.20. The molecule has 2 heterocycles. The van der Waals surface area contributed by atoms with Gasteiger partial charge in [0.25, 0.3) is 0 Å². The van der Waals surface area contributed by atoms with Crippen molar-refractivity contribution in [1.82, 2.24) is 10.2 Å². The lowest BCUT2D eigenvalue weighted by molar-refractivity contribution is 0.299. The van der Waals surface area contributed by atoms with Crippen LogP contribution in [0.3, 0.4) is 0 Å². The first-order valence-electron chi connectivity index (χ1n) is 7.25. The maximum atomic E-state index is 5.80. The third-order valence-corrected chi connectivity index (χ3v) is 4.64. The van der Waals surface area contributed by atoms with Crippen LogP contribution in [-0.2, 0) is 0 Å². The number of hydrogen-bond acceptors (Lipinski definition) is 3. The van der Waals surface area contributed by atoms with E-state index in [1.807, 2.05) is 12.1 Å². The van der Waals surface area contributed by atoms with E-state index in [9.17, 15) is 0 Å². The minimum Gasteiger partial charge on any atom is -0.489 e. The molecule has 20 heavy (non-hydrogen) atoms. The Hall–Kier alpha value is -0.840. The van der Waals surface area contributed by atoms with Crippen LogP contribution in [0.1, 0.15) is 18.4 Å². The summed E-state index contributed by atoms with van der Waals surface area (Å²) in [6, 6.07) is 6.85. The van der Waals surface area contributed by atoms with Gasteiger partial charge in [0.05, 0.1) is 0 Å². The van der Waals surface area contributed by atoms with E-state index in [0.29, 0.717) is 12.6 Å². The molecule has 4 heteroatoms. The number of ether oxygens (including phenoxy) is 1. The Kier molecular flexibility index (Phi) is 4.44. The first-order chi connectivity index (χ1) is 9.72. The Bertz CT molecular complexity index is 515. The maximum absolute atomic E-state index is 5.80. The molecule has 3 nitrogen and oxygen atoms in total. The highest BCUT2D eigenvalue weighted by atomic mass is 79.9. The van der Waals surface area contributed by atoms with Crippen molar-refractivity contribution in [3.8, 4) is 5.75 Å². The van der Waals surface area contributed by atoms with Crippen LogP contribution in [0.25, 0.3) is 6.08 Å². The lowest BCUT2D eigenvalue weighted by atomic mass is 10.1. The summed E-state index contributed by atoms with van der Waals surface area (Å²) in [5.74, 6) is 0.979. The van der Waals surface area contributed by atoms with Crippen molar-refractivity contribution in [2.75, 3.05) is 33.3 Å². The van der Waals surface area contributed by atoms with Crippen LogP contribution < -0.4 is 10.1 Å². The summed E-state index contributed by atoms with van der Waals surface area (Å²) < 4.78 is 6.89. The molecule has 1 aromatic rings. The van der Waals surface area contributed by atoms with E-state index >= 15 is 0 Å². The van der Waals surface area contributed by atoms with Crippen LogP contribution in [-0.4, -0.2) is 44.2 Å². The predicted octanol–water partition coefficient (Wildman–Crippen LogP) is 2.91. The van der Waals surface area contributed by atoms with Crippen LogP contribution in [0.2, 0.25) is 0 Å². The molecular weight excluding hydrogens is 316 g/mol. The minimum absolute atomic E-state index is 0.696. The molecule has 0 aliphatic carbocycles. The number of rotatable bonds is 4. The van der Waals surface area contributed by atoms with Crippen LogP contribution >= 0.6 is 15.9 Å². The molecule has 1 atom stereocenters. The van der Waals surface area contributed by atoms with Crippen LogP contribution in [0.5, 0.6) is 5.75 Å². The number of halogens is 1. The predicted molar refractivity (Wildman–Crippen MR) is 86.1 cm³/mol. The van der Waals surface area contributed by atoms with E-state index < -0.39 is 0 Å². The number of benzene rings is 1. The average Bonchev–Trinajstić information content (AvgIpc) is 2.84. The van der Waals surface area contributed by atoms with Gasteiger partial charge in [-0.25, -0.2) is 0 Å². The Balaban J connectivity index is 1.56. The maximum Gasteiger partial charge on any atom is 0.127 e. The molecule has 1 fully saturated rings. The van der Waals surface area contributed by atoms with Crippen molar-refractivity contribution in [1.29, 1.82) is 0 Å². The van der Waals surface area contributed by atoms with Gasteiger partial charge in [-0.2, -0.15) is 0 Å². The number of fused-ring (bicyclic) bond motifs is 1. The van der Waals surface area contributed by atoms with E-state index in [2.05, 4.69) is 45.3 Å². The molecule has 0 aromatic heterocycles. The summed E-state index contributed by atoms with van der Waals surface area (Å²) >= 11 is 3.51. The average molecular weight is 337 g/mol. The highest BCUT2D eigenvalue weighted by Crippen LogP contribution is 2.28. The fraction of sp³-hybridized carbons (Fsp3) is 0.500. The van der Waals surface area contributed by atoms with E-state index in [1.54, 1.807) is 0 Å². The molecule has 0 radical (unpaired) electrons. The molecule has 2 aliphatic heterocycles. The number of likely N-dealkylation sites (N-methyl/N-ethyl adjacent to an activating group) is 1. The van der Waals surface area contributed by atoms with Crippen LogP contribution in [0, 0.1) is 0 Å². The summed E-state index contributed by atoms with van der Waals surface area (Å²) in [6.45, 7) is 3.91. The van der Waals surface area contributed by atoms with Gasteiger partial charge in [-0.3, -0.25) is 0 Å². The zero-order valence-corrected chi connectivity index (χ0v) is 13.4. The lowest BCUT2D eigenvalue weighted by Crippen LogP contribution is -2.36. The van der Waals surface area contributed by atoms with Crippen LogP contribution in [0.4, 0.5) is 0 Å². The minimum atomic E-state index is 0.696. The fourth-order valence-corrected chi connectivity index (χ4v) is 3.31. The number of nitrogens with zero attached hydrogens (tertiary/aromatic N) is 1. The van der Waals surface area contributed by atoms with E-state index in [0.717, 1.165) is 23.3 Å². The standard InChI is InChI=1S/C16H21BrN2O/c1-19-6-2-3-15(19)10-18-9-12-7-13-8-14(17)4-5-16(13)20-11-12/h4-5,7-8,15,18H,2-3,6,9-11H2,1H3. The number of likely N-dealkylation sites (tertiary alicyclic amines) is 1. The van der Waals surface area contributed by atoms with E-state index in [-0.39, 0.29) is 0 Å². The van der Waals surface area contributed by atoms with Crippen molar-refractivity contribution in [3.63, 3.8) is 0 Å². The SMILES string of the molecule is CN1CCCC1CNCC1=Cc2cc(Br)ccc2OC1. The van der Waals surface area contributed by atoms with E-state index in [4.69, 9.17) is 4.74 Å². The second kappa shape index (κ2) is 6.29. The van der Waals surface area contributed by atoms with Gasteiger partial charge in [0.15, 0.2) is 0 Å². The van der Waals surface area contributed by atoms with Crippen molar-refractivity contribution >= 4 is 22.0 Å². The molecule has 1 N–H and O–H groups in total. The first-order valence-corrected chi connectivity index (χ1v) is 8.04. The van der Waals surface area contributed by atoms with Crippen molar-refractivity contribution in [2.45, 2.75) is 18.9 Å². The lowest BCUT2D eigenvalue weighted by Gasteiger charge is -2.22. The molecule has 0 spiro atoms. The summed E-state index contributed by atoms with van der Waals surface area (Å²) in [4.78, 5) is 2.45. The van der Waals surface area contributed by atoms with Crippen LogP contribution in [0.15, 0.2) is 28.2 Å². The van der Waals surface area contributed by atoms with Gasteiger partial charge in [-0.15, -0.1) is 0 Å². The molecule has 1 unspecified atom stereocenters. The van der Waals surface area contributed by atoms with Gasteiger partial charge in [-0.1, -0.05) is 15.9 Å². The first kappa shape index (κ1) is 14.1. The monoisotopic (exact) mass is 336 g/mol. The largest absolute Gasteiger partial charge is 0.489 e. The molecule has 1 aromatic carbocycles. The zero-order chi connectivity index (χ0) is 13.9. The zero-order valence-electron chi connectivity index (χ0n) is 11.9. The molecule has 0 saturated carbocycles. The fourth-order valence-electron chi connectivity index (χ4n) is 2.93. The Morgan fingerprint density at radius 1 is 1.45 bits per heavy atom. The Morgan fingerprint density at radius 3 is 3.15 bits per heavy atom. The normalized spacial score (nSPS) is 22.3. The Morgan fingerprint density at radius 2 is 2.35 bits per heavy atom. The number of nitrogens with one attached hydrogen (secondary N) is 1. The summed E-state index contributed by atoms with van der Waals surface area (Å²) in [6.07, 6.45) is 4.89. The third kappa shape index (κ3) is 3.25. The molecule has 3 rings (SSSR count). The topological polar surface area (TPSA) is 24.5 Å². The van der Waals surface area contributed by atoms with E-state index in [1.165, 1.54) is 30.5 Å². The second-order valence-corrected chi connectivity index (χ2v) is 6.60. The highest BCUT2D eigenvalue weighted by molar-refractivity contribution is 9.10. The van der Waals surface area contributed by atoms with Gasteiger partial charge >= 0.3 is 0 Å². The summed E-state index contributed by atoms with van der Waals surface area (Å²) in [7, 11) is 2.22. The molecule has 1 saturated heterocycles. The summed E-state index contributed by atoms with van der Waals surface area (Å²) in [5, 5.41) is 3.57. The number of hydrogen-bond donors (Lipinski definition) is 1. The van der Waals surface area contributed by atoms with Gasteiger partial charge < -0.3 is 15.0 Å². The van der Waals surface area contributed by atoms with Gasteiger partial charge in [0, 0.05) is 29.2 Å². The smallest absolute Gasteiger partial charge is 0.127 e. The Labute approximate surface area is 129 Å². The molecule has 108 valence electrons. The quantitative estimate of drug-likeness (QED) is 0.914. The summed E-state index contributed by atoms with van der Waals surface area (Å²) in [5.41, 5.74) is 2.48. The van der Waals surface area contributed by atoms with Crippen molar-refractivity contribution in [2.24, 2.45) is 0 Å². The van der Waals surface area contributed by atoms with Crippen molar-refractivity contribution < 1.29 is 4.74 Å². The van der Waals surface area contributed by atoms with Crippen molar-refractivity contribution in [3.05, 3.63) is 33.8 Å². The van der Waals surface area contributed by atoms with Gasteiger partial charge in [-0.05, 0) is 56.3 Å². The second-order valence-electron chi connectivity index (χ2n) is 5.68. The van der Waals surface area contributed by atoms with Gasteiger partial charge in [0.1, 0.15) is 12.4 Å². The third-order valence-electron chi connectivity index (χ3n) is 4.15. The molecular formula is C16H21BrN2O. The molecule has 2 aliphatic rings.